The number of carbonyl (C=O) groups excluding carboxylic acids is 1. The molecule has 0 saturated heterocycles. The second-order valence-electron chi connectivity index (χ2n) is 5.96. The fraction of sp³-hybridized carbons (Fsp3) is 0.529. The van der Waals surface area contributed by atoms with E-state index in [0.29, 0.717) is 19.4 Å². The molecule has 0 aliphatic heterocycles. The first-order chi connectivity index (χ1) is 9.48. The molecular formula is C17H22N2O. The van der Waals surface area contributed by atoms with E-state index in [1.165, 1.54) is 16.7 Å². The molecule has 0 spiro atoms. The van der Waals surface area contributed by atoms with Crippen molar-refractivity contribution in [3.05, 3.63) is 34.4 Å². The molecule has 0 atom stereocenters. The van der Waals surface area contributed by atoms with Crippen LogP contribution in [-0.4, -0.2) is 5.91 Å². The van der Waals surface area contributed by atoms with Crippen molar-refractivity contribution in [1.29, 1.82) is 5.26 Å². The summed E-state index contributed by atoms with van der Waals surface area (Å²) < 4.78 is 0. The maximum Gasteiger partial charge on any atom is 0.240 e. The summed E-state index contributed by atoms with van der Waals surface area (Å²) in [6.45, 7) is 6.72. The van der Waals surface area contributed by atoms with Gasteiger partial charge in [0.05, 0.1) is 6.07 Å². The molecule has 1 aromatic rings. The van der Waals surface area contributed by atoms with E-state index < -0.39 is 5.41 Å². The Balaban J connectivity index is 2.10. The molecule has 3 heteroatoms. The lowest BCUT2D eigenvalue weighted by Crippen LogP contribution is -2.38. The molecule has 0 bridgehead atoms. The summed E-state index contributed by atoms with van der Waals surface area (Å²) in [6.07, 6.45) is 3.34. The molecule has 106 valence electrons. The third-order valence-corrected chi connectivity index (χ3v) is 4.37. The highest BCUT2D eigenvalue weighted by molar-refractivity contribution is 5.85. The van der Waals surface area contributed by atoms with Gasteiger partial charge >= 0.3 is 0 Å². The van der Waals surface area contributed by atoms with Gasteiger partial charge in [-0.2, -0.15) is 5.26 Å². The second kappa shape index (κ2) is 5.66. The number of hydrogen-bond acceptors (Lipinski definition) is 2. The number of hydrogen-bond donors (Lipinski definition) is 1. The fourth-order valence-electron chi connectivity index (χ4n) is 3.19. The number of benzene rings is 1. The molecular weight excluding hydrogens is 248 g/mol. The molecule has 0 aromatic heterocycles. The summed E-state index contributed by atoms with van der Waals surface area (Å²) in [4.78, 5) is 12.3. The molecule has 20 heavy (non-hydrogen) atoms. The third-order valence-electron chi connectivity index (χ3n) is 4.37. The van der Waals surface area contributed by atoms with E-state index in [0.717, 1.165) is 18.4 Å². The van der Waals surface area contributed by atoms with E-state index in [4.69, 9.17) is 0 Å². The van der Waals surface area contributed by atoms with Crippen LogP contribution in [-0.2, 0) is 11.3 Å². The first-order valence-electron chi connectivity index (χ1n) is 7.25. The number of nitrogens with zero attached hydrogens (tertiary/aromatic N) is 1. The predicted octanol–water partition coefficient (Wildman–Crippen LogP) is 3.31. The number of nitrogens with one attached hydrogen (secondary N) is 1. The smallest absolute Gasteiger partial charge is 0.240 e. The van der Waals surface area contributed by atoms with E-state index in [2.05, 4.69) is 44.3 Å². The fourth-order valence-corrected chi connectivity index (χ4v) is 3.19. The standard InChI is InChI=1S/C17H22N2O/c1-12-8-13(2)15(14(3)9-12)10-19-16(20)17(11-18)6-4-5-7-17/h8-9H,4-7,10H2,1-3H3,(H,19,20). The molecule has 1 aliphatic carbocycles. The highest BCUT2D eigenvalue weighted by Gasteiger charge is 2.41. The third kappa shape index (κ3) is 2.70. The largest absolute Gasteiger partial charge is 0.351 e. The van der Waals surface area contributed by atoms with Crippen LogP contribution in [0.4, 0.5) is 0 Å². The Morgan fingerprint density at radius 1 is 1.25 bits per heavy atom. The van der Waals surface area contributed by atoms with Gasteiger partial charge in [0.15, 0.2) is 0 Å². The van der Waals surface area contributed by atoms with E-state index in [-0.39, 0.29) is 5.91 Å². The average Bonchev–Trinajstić information content (AvgIpc) is 2.87. The van der Waals surface area contributed by atoms with Gasteiger partial charge in [-0.15, -0.1) is 0 Å². The van der Waals surface area contributed by atoms with Crippen molar-refractivity contribution in [3.8, 4) is 6.07 Å². The lowest BCUT2D eigenvalue weighted by Gasteiger charge is -2.20. The molecule has 1 N–H and O–H groups in total. The van der Waals surface area contributed by atoms with E-state index in [1.54, 1.807) is 0 Å². The maximum absolute atomic E-state index is 12.3. The second-order valence-corrected chi connectivity index (χ2v) is 5.96. The van der Waals surface area contributed by atoms with Crippen molar-refractivity contribution in [2.45, 2.75) is 53.0 Å². The minimum Gasteiger partial charge on any atom is -0.351 e. The van der Waals surface area contributed by atoms with Crippen LogP contribution in [0.2, 0.25) is 0 Å². The Morgan fingerprint density at radius 2 is 1.80 bits per heavy atom. The van der Waals surface area contributed by atoms with Crippen molar-refractivity contribution in [2.24, 2.45) is 5.41 Å². The number of nitriles is 1. The minimum absolute atomic E-state index is 0.100. The zero-order valence-corrected chi connectivity index (χ0v) is 12.5. The number of carbonyl (C=O) groups is 1. The van der Waals surface area contributed by atoms with Crippen LogP contribution in [0.5, 0.6) is 0 Å². The quantitative estimate of drug-likeness (QED) is 0.916. The minimum atomic E-state index is -0.785. The van der Waals surface area contributed by atoms with Gasteiger partial charge in [0, 0.05) is 6.54 Å². The van der Waals surface area contributed by atoms with Crippen LogP contribution >= 0.6 is 0 Å². The lowest BCUT2D eigenvalue weighted by molar-refractivity contribution is -0.128. The Bertz CT molecular complexity index is 540. The summed E-state index contributed by atoms with van der Waals surface area (Å²) in [7, 11) is 0. The normalized spacial score (nSPS) is 16.7. The monoisotopic (exact) mass is 270 g/mol. The van der Waals surface area contributed by atoms with E-state index in [9.17, 15) is 10.1 Å². The molecule has 2 rings (SSSR count). The average molecular weight is 270 g/mol. The highest BCUT2D eigenvalue weighted by Crippen LogP contribution is 2.37. The first-order valence-corrected chi connectivity index (χ1v) is 7.25. The van der Waals surface area contributed by atoms with Crippen molar-refractivity contribution in [1.82, 2.24) is 5.32 Å². The number of aryl methyl sites for hydroxylation is 3. The highest BCUT2D eigenvalue weighted by atomic mass is 16.2. The summed E-state index contributed by atoms with van der Waals surface area (Å²) in [5.74, 6) is -0.100. The van der Waals surface area contributed by atoms with Gasteiger partial charge in [-0.25, -0.2) is 0 Å². The van der Waals surface area contributed by atoms with Crippen LogP contribution in [0, 0.1) is 37.5 Å². The molecule has 1 fully saturated rings. The van der Waals surface area contributed by atoms with E-state index >= 15 is 0 Å². The van der Waals surface area contributed by atoms with Gasteiger partial charge in [0.25, 0.3) is 0 Å². The Kier molecular flexibility index (Phi) is 4.13. The zero-order valence-electron chi connectivity index (χ0n) is 12.5. The van der Waals surface area contributed by atoms with Crippen molar-refractivity contribution >= 4 is 5.91 Å². The molecule has 1 saturated carbocycles. The molecule has 0 radical (unpaired) electrons. The molecule has 1 aliphatic rings. The Hall–Kier alpha value is -1.82. The molecule has 0 heterocycles. The Labute approximate surface area is 121 Å². The van der Waals surface area contributed by atoms with Crippen LogP contribution < -0.4 is 5.32 Å². The van der Waals surface area contributed by atoms with Gasteiger partial charge in [-0.05, 0) is 50.3 Å². The summed E-state index contributed by atoms with van der Waals surface area (Å²) >= 11 is 0. The Morgan fingerprint density at radius 3 is 2.30 bits per heavy atom. The van der Waals surface area contributed by atoms with Crippen molar-refractivity contribution in [3.63, 3.8) is 0 Å². The molecule has 0 unspecified atom stereocenters. The van der Waals surface area contributed by atoms with Gasteiger partial charge in [-0.1, -0.05) is 30.5 Å². The molecule has 1 aromatic carbocycles. The molecule has 1 amide bonds. The van der Waals surface area contributed by atoms with Crippen LogP contribution in [0.15, 0.2) is 12.1 Å². The van der Waals surface area contributed by atoms with Crippen LogP contribution in [0.3, 0.4) is 0 Å². The topological polar surface area (TPSA) is 52.9 Å². The van der Waals surface area contributed by atoms with Gasteiger partial charge in [0.1, 0.15) is 5.41 Å². The number of amides is 1. The maximum atomic E-state index is 12.3. The van der Waals surface area contributed by atoms with Gasteiger partial charge in [-0.3, -0.25) is 4.79 Å². The summed E-state index contributed by atoms with van der Waals surface area (Å²) in [5, 5.41) is 12.3. The van der Waals surface area contributed by atoms with Crippen molar-refractivity contribution < 1.29 is 4.79 Å². The SMILES string of the molecule is Cc1cc(C)c(CNC(=O)C2(C#N)CCCC2)c(C)c1. The van der Waals surface area contributed by atoms with Gasteiger partial charge < -0.3 is 5.32 Å². The first kappa shape index (κ1) is 14.6. The number of rotatable bonds is 3. The van der Waals surface area contributed by atoms with E-state index in [1.807, 2.05) is 0 Å². The summed E-state index contributed by atoms with van der Waals surface area (Å²) in [5.41, 5.74) is 4.00. The van der Waals surface area contributed by atoms with Crippen LogP contribution in [0.1, 0.15) is 47.9 Å². The van der Waals surface area contributed by atoms with Gasteiger partial charge in [0.2, 0.25) is 5.91 Å². The lowest BCUT2D eigenvalue weighted by atomic mass is 9.87. The molecule has 3 nitrogen and oxygen atoms in total. The predicted molar refractivity (Wildman–Crippen MR) is 79.0 cm³/mol. The van der Waals surface area contributed by atoms with Crippen molar-refractivity contribution in [2.75, 3.05) is 0 Å². The summed E-state index contributed by atoms with van der Waals surface area (Å²) in [6, 6.07) is 6.50. The van der Waals surface area contributed by atoms with Crippen LogP contribution in [0.25, 0.3) is 0 Å². The zero-order chi connectivity index (χ0) is 14.8.